The fourth-order valence-corrected chi connectivity index (χ4v) is 9.32. The topological polar surface area (TPSA) is 182 Å². The molecule has 1 saturated heterocycles. The van der Waals surface area contributed by atoms with Gasteiger partial charge in [-0.25, -0.2) is 18.2 Å². The molecule has 4 amide bonds. The number of hydrogen-bond donors (Lipinski definition) is 3. The summed E-state index contributed by atoms with van der Waals surface area (Å²) in [4.78, 5) is 62.7. The number of ether oxygens (including phenoxy) is 3. The van der Waals surface area contributed by atoms with E-state index in [0.717, 1.165) is 11.8 Å². The van der Waals surface area contributed by atoms with Gasteiger partial charge in [0.2, 0.25) is 27.7 Å². The first-order valence-electron chi connectivity index (χ1n) is 19.8. The zero-order valence-electron chi connectivity index (χ0n) is 32.7. The number of amides is 4. The summed E-state index contributed by atoms with van der Waals surface area (Å²) in [5.41, 5.74) is -1.54. The zero-order chi connectivity index (χ0) is 40.5. The van der Waals surface area contributed by atoms with Crippen LogP contribution in [0.4, 0.5) is 4.79 Å². The van der Waals surface area contributed by atoms with Gasteiger partial charge in [-0.2, -0.15) is 0 Å². The fourth-order valence-electron chi connectivity index (χ4n) is 8.01. The number of allylic oxidation sites excluding steroid dienone is 1. The molecule has 0 bridgehead atoms. The molecule has 2 aromatic carbocycles. The number of carbonyl (C=O) groups excluding carboxylic acids is 4. The lowest BCUT2D eigenvalue weighted by Crippen LogP contribution is -2.59. The Kier molecular flexibility index (Phi) is 11.2. The van der Waals surface area contributed by atoms with E-state index in [4.69, 9.17) is 14.2 Å². The van der Waals surface area contributed by atoms with Crippen molar-refractivity contribution in [1.29, 1.82) is 0 Å². The first-order valence-corrected chi connectivity index (χ1v) is 21.3. The molecule has 7 atom stereocenters. The third-order valence-corrected chi connectivity index (χ3v) is 13.9. The monoisotopic (exact) mass is 801 g/mol. The normalized spacial score (nSPS) is 28.5. The van der Waals surface area contributed by atoms with Crippen LogP contribution in [0.3, 0.4) is 0 Å². The highest BCUT2D eigenvalue weighted by atomic mass is 32.2. The van der Waals surface area contributed by atoms with Crippen LogP contribution in [0.1, 0.15) is 72.6 Å². The Balaban J connectivity index is 1.22. The van der Waals surface area contributed by atoms with Gasteiger partial charge in [0.05, 0.1) is 24.1 Å². The van der Waals surface area contributed by atoms with Gasteiger partial charge >= 0.3 is 6.09 Å². The largest absolute Gasteiger partial charge is 0.492 e. The summed E-state index contributed by atoms with van der Waals surface area (Å²) in [6.45, 7) is 7.84. The van der Waals surface area contributed by atoms with Gasteiger partial charge in [-0.1, -0.05) is 62.4 Å². The summed E-state index contributed by atoms with van der Waals surface area (Å²) in [6, 6.07) is 13.8. The standard InChI is InChI=1S/C42H51N5O9S/c1-5-54-34-24-43-37(32-18-12-11-17-31(32)34)55-30-22-33-36(48)45-42(39(50)46-57(52,53)41(4)19-20-41)23-28(42)14-10-9-13-26(2)21-27(3)35(38(49)47(33)25-30)44-40(51)56-29-15-7-6-8-16-29/h6-8,10-12,14-18,24,26-28,30,33,35H,5,9,13,19-23,25H2,1-4H3,(H,44,51)(H,45,48)(H,46,50)/t26-,27-,28-,30-,33+,35+,42-/m1/s1. The van der Waals surface area contributed by atoms with Gasteiger partial charge in [0, 0.05) is 23.1 Å². The third-order valence-electron chi connectivity index (χ3n) is 11.8. The van der Waals surface area contributed by atoms with Gasteiger partial charge in [0.25, 0.3) is 5.91 Å². The van der Waals surface area contributed by atoms with E-state index in [1.165, 1.54) is 4.90 Å². The molecule has 1 aromatic heterocycles. The summed E-state index contributed by atoms with van der Waals surface area (Å²) in [5, 5.41) is 7.18. The van der Waals surface area contributed by atoms with Gasteiger partial charge in [0.1, 0.15) is 35.2 Å². The van der Waals surface area contributed by atoms with E-state index in [9.17, 15) is 27.6 Å². The van der Waals surface area contributed by atoms with Crippen molar-refractivity contribution in [3.05, 3.63) is 72.9 Å². The Morgan fingerprint density at radius 3 is 2.46 bits per heavy atom. The number of hydrogen-bond acceptors (Lipinski definition) is 10. The van der Waals surface area contributed by atoms with Crippen LogP contribution in [0.15, 0.2) is 72.9 Å². The van der Waals surface area contributed by atoms with E-state index in [-0.39, 0.29) is 31.2 Å². The molecule has 2 aliphatic carbocycles. The van der Waals surface area contributed by atoms with Crippen LogP contribution in [0.5, 0.6) is 17.4 Å². The smallest absolute Gasteiger partial charge is 0.413 e. The number of pyridine rings is 1. The Labute approximate surface area is 333 Å². The molecule has 4 aliphatic rings. The van der Waals surface area contributed by atoms with Crippen molar-refractivity contribution in [1.82, 2.24) is 25.2 Å². The Hall–Kier alpha value is -5.18. The molecule has 3 N–H and O–H groups in total. The van der Waals surface area contributed by atoms with Crippen molar-refractivity contribution in [3.8, 4) is 17.4 Å². The highest BCUT2D eigenvalue weighted by molar-refractivity contribution is 7.91. The fraction of sp³-hybridized carbons (Fsp3) is 0.500. The number of nitrogens with one attached hydrogen (secondary N) is 3. The second-order valence-electron chi connectivity index (χ2n) is 16.2. The lowest BCUT2D eigenvalue weighted by molar-refractivity contribution is -0.142. The van der Waals surface area contributed by atoms with Crippen LogP contribution in [0.2, 0.25) is 0 Å². The molecular weight excluding hydrogens is 751 g/mol. The summed E-state index contributed by atoms with van der Waals surface area (Å²) >= 11 is 0. The average Bonchev–Trinajstić information content (AvgIpc) is 4.06. The van der Waals surface area contributed by atoms with Gasteiger partial charge in [-0.15, -0.1) is 0 Å². The molecular formula is C42H51N5O9S. The number of sulfonamides is 1. The van der Waals surface area contributed by atoms with Crippen molar-refractivity contribution in [2.75, 3.05) is 13.2 Å². The van der Waals surface area contributed by atoms with E-state index in [1.807, 2.05) is 50.3 Å². The van der Waals surface area contributed by atoms with Gasteiger partial charge < -0.3 is 29.7 Å². The highest BCUT2D eigenvalue weighted by Gasteiger charge is 2.63. The second-order valence-corrected chi connectivity index (χ2v) is 18.4. The summed E-state index contributed by atoms with van der Waals surface area (Å²) in [7, 11) is -4.01. The summed E-state index contributed by atoms with van der Waals surface area (Å²) in [5.74, 6) is -1.47. The molecule has 3 heterocycles. The van der Waals surface area contributed by atoms with E-state index < -0.39 is 68.2 Å². The average molecular weight is 802 g/mol. The summed E-state index contributed by atoms with van der Waals surface area (Å²) < 4.78 is 45.5. The van der Waals surface area contributed by atoms with Crippen LogP contribution in [-0.2, 0) is 24.4 Å². The van der Waals surface area contributed by atoms with Crippen molar-refractivity contribution in [3.63, 3.8) is 0 Å². The van der Waals surface area contributed by atoms with Crippen molar-refractivity contribution < 1.29 is 41.8 Å². The second kappa shape index (κ2) is 16.0. The minimum absolute atomic E-state index is 0.0291. The summed E-state index contributed by atoms with van der Waals surface area (Å²) in [6.07, 6.45) is 6.95. The highest BCUT2D eigenvalue weighted by Crippen LogP contribution is 2.47. The molecule has 0 spiro atoms. The van der Waals surface area contributed by atoms with Crippen molar-refractivity contribution in [2.45, 2.75) is 101 Å². The van der Waals surface area contributed by atoms with Crippen LogP contribution in [-0.4, -0.2) is 83.7 Å². The van der Waals surface area contributed by atoms with Crippen LogP contribution in [0.25, 0.3) is 10.8 Å². The maximum atomic E-state index is 14.9. The van der Waals surface area contributed by atoms with E-state index in [2.05, 4.69) is 27.3 Å². The third kappa shape index (κ3) is 8.44. The molecule has 3 aromatic rings. The predicted molar refractivity (Wildman–Crippen MR) is 212 cm³/mol. The number of fused-ring (bicyclic) bond motifs is 3. The molecule has 14 nitrogen and oxygen atoms in total. The molecule has 0 unspecified atom stereocenters. The van der Waals surface area contributed by atoms with Crippen LogP contribution >= 0.6 is 0 Å². The number of benzene rings is 2. The molecule has 0 radical (unpaired) electrons. The molecule has 57 heavy (non-hydrogen) atoms. The first-order chi connectivity index (χ1) is 27.2. The maximum Gasteiger partial charge on any atom is 0.413 e. The number of para-hydroxylation sites is 1. The predicted octanol–water partition coefficient (Wildman–Crippen LogP) is 5.02. The van der Waals surface area contributed by atoms with Gasteiger partial charge in [-0.3, -0.25) is 19.1 Å². The first kappa shape index (κ1) is 40.0. The molecule has 2 saturated carbocycles. The van der Waals surface area contributed by atoms with Crippen molar-refractivity contribution in [2.24, 2.45) is 17.8 Å². The van der Waals surface area contributed by atoms with Crippen molar-refractivity contribution >= 4 is 44.6 Å². The molecule has 2 aliphatic heterocycles. The zero-order valence-corrected chi connectivity index (χ0v) is 33.5. The Morgan fingerprint density at radius 1 is 1.02 bits per heavy atom. The number of aromatic nitrogens is 1. The van der Waals surface area contributed by atoms with Crippen LogP contribution < -0.4 is 29.6 Å². The quantitative estimate of drug-likeness (QED) is 0.249. The maximum absolute atomic E-state index is 14.9. The molecule has 7 rings (SSSR count). The number of nitrogens with zero attached hydrogens (tertiary/aromatic N) is 2. The minimum atomic E-state index is -4.01. The Morgan fingerprint density at radius 2 is 1.74 bits per heavy atom. The van der Waals surface area contributed by atoms with Gasteiger partial charge in [-0.05, 0) is 82.4 Å². The molecule has 3 fully saturated rings. The number of carbonyl (C=O) groups is 4. The van der Waals surface area contributed by atoms with E-state index >= 15 is 0 Å². The molecule has 15 heteroatoms. The minimum Gasteiger partial charge on any atom is -0.492 e. The SMILES string of the molecule is CCOc1cnc(O[C@@H]2C[C@H]3C(=O)N[C@]4(C(=O)NS(=O)(=O)C5(C)CC5)C[C@H]4C=CCC[C@@H](C)C[C@@H](C)[C@H](NC(=O)Oc4ccccc4)C(=O)N3C2)c2ccccc12. The molecule has 304 valence electrons. The lowest BCUT2D eigenvalue weighted by Gasteiger charge is -2.32. The van der Waals surface area contributed by atoms with Gasteiger partial charge in [0.15, 0.2) is 0 Å². The Bertz CT molecular complexity index is 2160. The van der Waals surface area contributed by atoms with E-state index in [0.29, 0.717) is 55.1 Å². The number of rotatable bonds is 9. The van der Waals surface area contributed by atoms with Crippen LogP contribution in [0, 0.1) is 17.8 Å². The lowest BCUT2D eigenvalue weighted by atomic mass is 9.88. The van der Waals surface area contributed by atoms with E-state index in [1.54, 1.807) is 43.5 Å².